The Morgan fingerprint density at radius 1 is 1.00 bits per heavy atom. The summed E-state index contributed by atoms with van der Waals surface area (Å²) in [6.07, 6.45) is 0.297. The molecule has 0 radical (unpaired) electrons. The second-order valence-electron chi connectivity index (χ2n) is 12.7. The monoisotopic (exact) mass is 544 g/mol. The largest absolute Gasteiger partial charge is 0.511 e. The normalized spacial score (nSPS) is 29.9. The molecule has 0 spiro atoms. The van der Waals surface area contributed by atoms with Gasteiger partial charge in [0.05, 0.1) is 5.56 Å². The average Bonchev–Trinajstić information content (AvgIpc) is 2.83. The van der Waals surface area contributed by atoms with Gasteiger partial charge in [-0.3, -0.25) is 14.4 Å². The van der Waals surface area contributed by atoms with E-state index in [-0.39, 0.29) is 35.6 Å². The van der Waals surface area contributed by atoms with Gasteiger partial charge in [-0.2, -0.15) is 0 Å². The van der Waals surface area contributed by atoms with Crippen molar-refractivity contribution in [2.75, 3.05) is 0 Å². The number of hydrogen-bond donors (Lipinski definition) is 4. The first-order valence-corrected chi connectivity index (χ1v) is 13.6. The van der Waals surface area contributed by atoms with Crippen molar-refractivity contribution in [3.63, 3.8) is 0 Å². The molecular formula is C33H36O7. The molecule has 0 heterocycles. The molecular weight excluding hydrogens is 508 g/mol. The first-order valence-electron chi connectivity index (χ1n) is 13.6. The number of benzene rings is 2. The highest BCUT2D eigenvalue weighted by Gasteiger charge is 2.71. The van der Waals surface area contributed by atoms with Crippen LogP contribution in [0.4, 0.5) is 0 Å². The second kappa shape index (κ2) is 8.64. The number of hydrogen-bond acceptors (Lipinski definition) is 7. The number of aryl methyl sites for hydroxylation is 2. The fourth-order valence-electron chi connectivity index (χ4n) is 7.91. The zero-order valence-electron chi connectivity index (χ0n) is 24.0. The standard InChI is InChI=1S/C33H36O7/c1-15(2)25-27(36)23(18(5)34)29(38)33(40)30(39)26-28(37)24-21(13-31(26,6)14-32(25,33)7)20(10-11-22(24)35)19-9-8-16(3)17(4)12-19/h8-12,15,25,35-36,39-40H,13-14H2,1-7H3/t25?,31-,32-,33+/m1/s1. The van der Waals surface area contributed by atoms with E-state index in [1.165, 1.54) is 6.07 Å². The molecule has 0 saturated carbocycles. The van der Waals surface area contributed by atoms with Crippen LogP contribution in [-0.4, -0.2) is 43.4 Å². The zero-order valence-corrected chi connectivity index (χ0v) is 24.0. The number of ketones is 3. The van der Waals surface area contributed by atoms with Gasteiger partial charge in [0.25, 0.3) is 0 Å². The van der Waals surface area contributed by atoms with Gasteiger partial charge in [0.1, 0.15) is 22.8 Å². The maximum atomic E-state index is 14.2. The number of fused-ring (bicyclic) bond motifs is 3. The van der Waals surface area contributed by atoms with Crippen LogP contribution in [0, 0.1) is 36.5 Å². The van der Waals surface area contributed by atoms with Gasteiger partial charge in [0, 0.05) is 22.3 Å². The van der Waals surface area contributed by atoms with Gasteiger partial charge in [0.2, 0.25) is 5.78 Å². The van der Waals surface area contributed by atoms with E-state index < -0.39 is 56.8 Å². The molecule has 0 aromatic heterocycles. The number of aromatic hydroxyl groups is 1. The highest BCUT2D eigenvalue weighted by atomic mass is 16.3. The summed E-state index contributed by atoms with van der Waals surface area (Å²) in [6, 6.07) is 9.21. The van der Waals surface area contributed by atoms with E-state index in [4.69, 9.17) is 0 Å². The van der Waals surface area contributed by atoms with Crippen molar-refractivity contribution in [3.05, 3.63) is 75.3 Å². The third-order valence-electron chi connectivity index (χ3n) is 9.71. The Kier molecular flexibility index (Phi) is 6.02. The lowest BCUT2D eigenvalue weighted by Crippen LogP contribution is -2.67. The minimum Gasteiger partial charge on any atom is -0.511 e. The molecule has 0 amide bonds. The summed E-state index contributed by atoms with van der Waals surface area (Å²) in [6.45, 7) is 12.2. The molecule has 4 N–H and O–H groups in total. The summed E-state index contributed by atoms with van der Waals surface area (Å²) in [5.41, 5.74) is -1.33. The summed E-state index contributed by atoms with van der Waals surface area (Å²) >= 11 is 0. The maximum absolute atomic E-state index is 14.2. The molecule has 0 fully saturated rings. The van der Waals surface area contributed by atoms with Crippen molar-refractivity contribution in [2.45, 2.75) is 66.9 Å². The van der Waals surface area contributed by atoms with E-state index in [0.717, 1.165) is 29.2 Å². The van der Waals surface area contributed by atoms with Gasteiger partial charge < -0.3 is 20.4 Å². The average molecular weight is 545 g/mol. The number of aliphatic hydroxyl groups excluding tert-OH is 2. The molecule has 0 aliphatic heterocycles. The van der Waals surface area contributed by atoms with Gasteiger partial charge in [-0.05, 0) is 73.4 Å². The minimum absolute atomic E-state index is 0.0239. The Balaban J connectivity index is 1.81. The highest BCUT2D eigenvalue weighted by molar-refractivity contribution is 6.25. The predicted molar refractivity (Wildman–Crippen MR) is 150 cm³/mol. The Morgan fingerprint density at radius 2 is 1.65 bits per heavy atom. The van der Waals surface area contributed by atoms with Crippen LogP contribution in [0.25, 0.3) is 11.1 Å². The summed E-state index contributed by atoms with van der Waals surface area (Å²) in [5, 5.41) is 46.1. The van der Waals surface area contributed by atoms with E-state index in [1.54, 1.807) is 13.0 Å². The van der Waals surface area contributed by atoms with Gasteiger partial charge >= 0.3 is 0 Å². The lowest BCUT2D eigenvalue weighted by atomic mass is 9.44. The van der Waals surface area contributed by atoms with E-state index in [2.05, 4.69) is 0 Å². The molecule has 4 atom stereocenters. The van der Waals surface area contributed by atoms with Crippen LogP contribution in [0.5, 0.6) is 5.75 Å². The molecule has 3 aliphatic rings. The fraction of sp³-hybridized carbons (Fsp3) is 0.424. The molecule has 2 aromatic carbocycles. The summed E-state index contributed by atoms with van der Waals surface area (Å²) in [5.74, 6) is -5.15. The number of phenols is 1. The van der Waals surface area contributed by atoms with Crippen molar-refractivity contribution in [3.8, 4) is 16.9 Å². The molecule has 7 heteroatoms. The molecule has 0 saturated heterocycles. The summed E-state index contributed by atoms with van der Waals surface area (Å²) in [7, 11) is 0. The summed E-state index contributed by atoms with van der Waals surface area (Å²) < 4.78 is 0. The van der Waals surface area contributed by atoms with Gasteiger partial charge in [-0.15, -0.1) is 0 Å². The predicted octanol–water partition coefficient (Wildman–Crippen LogP) is 5.63. The molecule has 2 aromatic rings. The van der Waals surface area contributed by atoms with E-state index in [0.29, 0.717) is 5.56 Å². The van der Waals surface area contributed by atoms with Crippen molar-refractivity contribution in [2.24, 2.45) is 22.7 Å². The maximum Gasteiger partial charge on any atom is 0.209 e. The van der Waals surface area contributed by atoms with Crippen LogP contribution in [0.3, 0.4) is 0 Å². The molecule has 3 aliphatic carbocycles. The van der Waals surface area contributed by atoms with Crippen molar-refractivity contribution in [1.29, 1.82) is 0 Å². The van der Waals surface area contributed by atoms with Crippen LogP contribution in [0.15, 0.2) is 53.0 Å². The first kappa shape index (κ1) is 27.8. The number of carbonyl (C=O) groups excluding carboxylic acids is 3. The van der Waals surface area contributed by atoms with Crippen molar-refractivity contribution in [1.82, 2.24) is 0 Å². The van der Waals surface area contributed by atoms with E-state index in [9.17, 15) is 34.8 Å². The Morgan fingerprint density at radius 3 is 2.23 bits per heavy atom. The summed E-state index contributed by atoms with van der Waals surface area (Å²) in [4.78, 5) is 40.5. The van der Waals surface area contributed by atoms with Crippen LogP contribution < -0.4 is 0 Å². The van der Waals surface area contributed by atoms with Crippen molar-refractivity contribution < 1.29 is 34.8 Å². The number of aliphatic hydroxyl groups is 3. The Labute approximate surface area is 233 Å². The van der Waals surface area contributed by atoms with Crippen molar-refractivity contribution >= 4 is 17.3 Å². The Bertz CT molecular complexity index is 1590. The number of Topliss-reactive ketones (excluding diaryl/α,β-unsaturated/α-hetero) is 3. The first-order chi connectivity index (χ1) is 18.5. The molecule has 1 unspecified atom stereocenters. The molecule has 0 bridgehead atoms. The lowest BCUT2D eigenvalue weighted by Gasteiger charge is -2.59. The van der Waals surface area contributed by atoms with Crippen LogP contribution >= 0.6 is 0 Å². The Hall–Kier alpha value is -3.71. The highest BCUT2D eigenvalue weighted by Crippen LogP contribution is 2.65. The molecule has 5 rings (SSSR count). The number of rotatable bonds is 3. The van der Waals surface area contributed by atoms with Crippen LogP contribution in [-0.2, 0) is 16.0 Å². The molecule has 7 nitrogen and oxygen atoms in total. The fourth-order valence-corrected chi connectivity index (χ4v) is 7.91. The smallest absolute Gasteiger partial charge is 0.209 e. The van der Waals surface area contributed by atoms with E-state index in [1.807, 2.05) is 52.8 Å². The zero-order chi connectivity index (χ0) is 29.7. The minimum atomic E-state index is -2.61. The van der Waals surface area contributed by atoms with Crippen LogP contribution in [0.2, 0.25) is 0 Å². The SMILES string of the molecule is CC(=O)C1=C(O)C(C(C)C)[C@@]2(C)C[C@@]3(C)Cc4c(-c5ccc(C)c(C)c5)ccc(O)c4C(=O)C3=C(O)[C@@]2(O)C1=O. The van der Waals surface area contributed by atoms with E-state index >= 15 is 0 Å². The quantitative estimate of drug-likeness (QED) is 0.368. The number of phenolic OH excluding ortho intramolecular Hbond substituents is 1. The van der Waals surface area contributed by atoms with Crippen LogP contribution in [0.1, 0.15) is 68.1 Å². The van der Waals surface area contributed by atoms with Gasteiger partial charge in [-0.1, -0.05) is 52.0 Å². The van der Waals surface area contributed by atoms with Gasteiger partial charge in [0.15, 0.2) is 17.2 Å². The topological polar surface area (TPSA) is 132 Å². The van der Waals surface area contributed by atoms with Gasteiger partial charge in [-0.25, -0.2) is 0 Å². The second-order valence-corrected chi connectivity index (χ2v) is 12.7. The third-order valence-corrected chi connectivity index (χ3v) is 9.71. The number of allylic oxidation sites excluding steroid dienone is 2. The molecule has 40 heavy (non-hydrogen) atoms. The molecule has 210 valence electrons. The lowest BCUT2D eigenvalue weighted by molar-refractivity contribution is -0.171. The third kappa shape index (κ3) is 3.36. The number of carbonyl (C=O) groups is 3.